The number of nitrogens with zero attached hydrogens (tertiary/aromatic N) is 5. The van der Waals surface area contributed by atoms with Crippen LogP contribution in [0.2, 0.25) is 0 Å². The highest BCUT2D eigenvalue weighted by atomic mass is 16.2. The minimum Gasteiger partial charge on any atom is -0.316 e. The normalized spacial score (nSPS) is 22.0. The van der Waals surface area contributed by atoms with Crippen molar-refractivity contribution in [1.82, 2.24) is 24.5 Å². The molecule has 134 valence electrons. The molecule has 2 aromatic heterocycles. The number of urea groups is 1. The lowest BCUT2D eigenvalue weighted by Crippen LogP contribution is -2.42. The molecule has 7 nitrogen and oxygen atoms in total. The van der Waals surface area contributed by atoms with Crippen LogP contribution >= 0.6 is 0 Å². The Balaban J connectivity index is 1.52. The van der Waals surface area contributed by atoms with E-state index in [2.05, 4.69) is 22.4 Å². The molecule has 1 aliphatic carbocycles. The number of amides is 2. The molecule has 2 aromatic rings. The molecule has 2 fully saturated rings. The number of aromatic nitrogens is 4. The third-order valence-corrected chi connectivity index (χ3v) is 5.56. The van der Waals surface area contributed by atoms with Crippen molar-refractivity contribution < 1.29 is 4.79 Å². The van der Waals surface area contributed by atoms with Gasteiger partial charge in [0.15, 0.2) is 0 Å². The van der Waals surface area contributed by atoms with E-state index in [1.54, 1.807) is 12.4 Å². The van der Waals surface area contributed by atoms with Crippen molar-refractivity contribution in [2.24, 2.45) is 13.0 Å². The fourth-order valence-corrected chi connectivity index (χ4v) is 3.89. The number of rotatable bonds is 4. The molecule has 0 spiro atoms. The highest BCUT2D eigenvalue weighted by Crippen LogP contribution is 2.40. The number of likely N-dealkylation sites (tertiary alicyclic amines) is 1. The van der Waals surface area contributed by atoms with Gasteiger partial charge in [0.2, 0.25) is 0 Å². The molecule has 2 atom stereocenters. The Bertz CT molecular complexity index is 746. The summed E-state index contributed by atoms with van der Waals surface area (Å²) in [7, 11) is 1.94. The van der Waals surface area contributed by atoms with E-state index in [1.807, 2.05) is 33.4 Å². The number of hydrogen-bond donors (Lipinski definition) is 1. The molecule has 1 N–H and O–H groups in total. The summed E-state index contributed by atoms with van der Waals surface area (Å²) < 4.78 is 3.83. The number of hydrogen-bond acceptors (Lipinski definition) is 3. The van der Waals surface area contributed by atoms with Crippen molar-refractivity contribution in [1.29, 1.82) is 0 Å². The molecule has 0 bridgehead atoms. The predicted molar refractivity (Wildman–Crippen MR) is 95.2 cm³/mol. The van der Waals surface area contributed by atoms with E-state index in [9.17, 15) is 4.79 Å². The molecule has 1 saturated heterocycles. The SMILES string of the molecule is C[C@@H](C1CC1)n1nccc1NC(=O)N1CCCC[C@@H]1c1ccnn1C. The van der Waals surface area contributed by atoms with Crippen LogP contribution in [0.25, 0.3) is 0 Å². The van der Waals surface area contributed by atoms with Crippen molar-refractivity contribution in [2.45, 2.75) is 51.1 Å². The predicted octanol–water partition coefficient (Wildman–Crippen LogP) is 3.35. The number of carbonyl (C=O) groups is 1. The Morgan fingerprint density at radius 1 is 1.20 bits per heavy atom. The van der Waals surface area contributed by atoms with Crippen LogP contribution in [-0.4, -0.2) is 37.0 Å². The van der Waals surface area contributed by atoms with Crippen LogP contribution in [0, 0.1) is 5.92 Å². The van der Waals surface area contributed by atoms with E-state index >= 15 is 0 Å². The molecule has 0 radical (unpaired) electrons. The molecule has 2 aliphatic rings. The second kappa shape index (κ2) is 6.54. The molecule has 3 heterocycles. The summed E-state index contributed by atoms with van der Waals surface area (Å²) in [5.41, 5.74) is 1.09. The lowest BCUT2D eigenvalue weighted by Gasteiger charge is -2.35. The Morgan fingerprint density at radius 3 is 2.72 bits per heavy atom. The van der Waals surface area contributed by atoms with Gasteiger partial charge in [0, 0.05) is 25.9 Å². The van der Waals surface area contributed by atoms with E-state index < -0.39 is 0 Å². The first kappa shape index (κ1) is 16.2. The van der Waals surface area contributed by atoms with E-state index in [0.29, 0.717) is 12.0 Å². The lowest BCUT2D eigenvalue weighted by atomic mass is 10.00. The van der Waals surface area contributed by atoms with Crippen LogP contribution in [0.4, 0.5) is 10.6 Å². The topological polar surface area (TPSA) is 68.0 Å². The van der Waals surface area contributed by atoms with Gasteiger partial charge in [0.05, 0.1) is 24.0 Å². The maximum Gasteiger partial charge on any atom is 0.323 e. The van der Waals surface area contributed by atoms with Gasteiger partial charge in [-0.15, -0.1) is 0 Å². The van der Waals surface area contributed by atoms with Crippen LogP contribution in [-0.2, 0) is 7.05 Å². The van der Waals surface area contributed by atoms with E-state index in [1.165, 1.54) is 12.8 Å². The second-order valence-electron chi connectivity index (χ2n) is 7.25. The molecular formula is C18H26N6O. The van der Waals surface area contributed by atoms with Crippen molar-refractivity contribution in [3.8, 4) is 0 Å². The summed E-state index contributed by atoms with van der Waals surface area (Å²) in [4.78, 5) is 14.9. The lowest BCUT2D eigenvalue weighted by molar-refractivity contribution is 0.159. The Morgan fingerprint density at radius 2 is 2.00 bits per heavy atom. The molecule has 7 heteroatoms. The average Bonchev–Trinajstić information content (AvgIpc) is 3.23. The third kappa shape index (κ3) is 3.15. The summed E-state index contributed by atoms with van der Waals surface area (Å²) in [6.07, 6.45) is 9.22. The van der Waals surface area contributed by atoms with Crippen LogP contribution in [0.1, 0.15) is 56.8 Å². The molecule has 2 amide bonds. The summed E-state index contributed by atoms with van der Waals surface area (Å²) in [5, 5.41) is 11.8. The Labute approximate surface area is 148 Å². The highest BCUT2D eigenvalue weighted by molar-refractivity contribution is 5.88. The first-order valence-corrected chi connectivity index (χ1v) is 9.24. The smallest absolute Gasteiger partial charge is 0.316 e. The van der Waals surface area contributed by atoms with Gasteiger partial charge in [0.1, 0.15) is 5.82 Å². The Kier molecular flexibility index (Phi) is 4.23. The second-order valence-corrected chi connectivity index (χ2v) is 7.25. The van der Waals surface area contributed by atoms with Gasteiger partial charge in [-0.05, 0) is 51.0 Å². The molecule has 4 rings (SSSR count). The molecule has 1 aliphatic heterocycles. The Hall–Kier alpha value is -2.31. The van der Waals surface area contributed by atoms with Crippen LogP contribution in [0.15, 0.2) is 24.5 Å². The van der Waals surface area contributed by atoms with Gasteiger partial charge in [-0.25, -0.2) is 9.48 Å². The summed E-state index contributed by atoms with van der Waals surface area (Å²) in [6.45, 7) is 2.95. The van der Waals surface area contributed by atoms with Crippen molar-refractivity contribution in [2.75, 3.05) is 11.9 Å². The summed E-state index contributed by atoms with van der Waals surface area (Å²) >= 11 is 0. The van der Waals surface area contributed by atoms with Gasteiger partial charge < -0.3 is 4.90 Å². The van der Waals surface area contributed by atoms with Crippen molar-refractivity contribution in [3.05, 3.63) is 30.2 Å². The first-order valence-electron chi connectivity index (χ1n) is 9.24. The number of piperidine rings is 1. The molecule has 25 heavy (non-hydrogen) atoms. The molecule has 1 saturated carbocycles. The number of anilines is 1. The van der Waals surface area contributed by atoms with E-state index in [4.69, 9.17) is 0 Å². The van der Waals surface area contributed by atoms with Crippen LogP contribution in [0.3, 0.4) is 0 Å². The minimum absolute atomic E-state index is 0.0457. The zero-order valence-electron chi connectivity index (χ0n) is 14.9. The minimum atomic E-state index is -0.0457. The van der Waals surface area contributed by atoms with Crippen molar-refractivity contribution in [3.63, 3.8) is 0 Å². The van der Waals surface area contributed by atoms with Gasteiger partial charge >= 0.3 is 6.03 Å². The third-order valence-electron chi connectivity index (χ3n) is 5.56. The molecule has 0 aromatic carbocycles. The largest absolute Gasteiger partial charge is 0.323 e. The summed E-state index contributed by atoms with van der Waals surface area (Å²) in [5.74, 6) is 1.48. The zero-order valence-corrected chi connectivity index (χ0v) is 14.9. The van der Waals surface area contributed by atoms with Crippen LogP contribution < -0.4 is 5.32 Å². The van der Waals surface area contributed by atoms with E-state index in [0.717, 1.165) is 37.3 Å². The molecular weight excluding hydrogens is 316 g/mol. The van der Waals surface area contributed by atoms with Crippen molar-refractivity contribution >= 4 is 11.8 Å². The highest BCUT2D eigenvalue weighted by Gasteiger charge is 2.33. The monoisotopic (exact) mass is 342 g/mol. The van der Waals surface area contributed by atoms with Crippen LogP contribution in [0.5, 0.6) is 0 Å². The first-order chi connectivity index (χ1) is 12.1. The number of aryl methyl sites for hydroxylation is 1. The standard InChI is InChI=1S/C18H26N6O/c1-13(14-6-7-14)24-17(9-11-20-24)21-18(25)23-12-4-3-5-16(23)15-8-10-19-22(15)2/h8-11,13-14,16H,3-7,12H2,1-2H3,(H,21,25)/t13-,16+/m0/s1. The zero-order chi connectivity index (χ0) is 17.4. The maximum absolute atomic E-state index is 13.0. The molecule has 0 unspecified atom stereocenters. The number of nitrogens with one attached hydrogen (secondary N) is 1. The van der Waals surface area contributed by atoms with Gasteiger partial charge in [-0.3, -0.25) is 10.00 Å². The average molecular weight is 342 g/mol. The quantitative estimate of drug-likeness (QED) is 0.926. The van der Waals surface area contributed by atoms with Gasteiger partial charge in [-0.2, -0.15) is 10.2 Å². The van der Waals surface area contributed by atoms with Gasteiger partial charge in [-0.1, -0.05) is 0 Å². The fraction of sp³-hybridized carbons (Fsp3) is 0.611. The summed E-state index contributed by atoms with van der Waals surface area (Å²) in [6, 6.07) is 4.27. The van der Waals surface area contributed by atoms with Gasteiger partial charge in [0.25, 0.3) is 0 Å². The maximum atomic E-state index is 13.0. The number of carbonyl (C=O) groups excluding carboxylic acids is 1. The fourth-order valence-electron chi connectivity index (χ4n) is 3.89. The van der Waals surface area contributed by atoms with E-state index in [-0.39, 0.29) is 12.1 Å².